The van der Waals surface area contributed by atoms with Crippen molar-refractivity contribution >= 4 is 5.97 Å². The van der Waals surface area contributed by atoms with Crippen LogP contribution < -0.4 is 0 Å². The van der Waals surface area contributed by atoms with Crippen LogP contribution in [-0.2, 0) is 9.53 Å². The minimum atomic E-state index is -0.118. The van der Waals surface area contributed by atoms with Crippen LogP contribution in [0.3, 0.4) is 0 Å². The first-order valence-corrected chi connectivity index (χ1v) is 5.41. The molecule has 0 aliphatic heterocycles. The van der Waals surface area contributed by atoms with Gasteiger partial charge in [0, 0.05) is 6.92 Å². The van der Waals surface area contributed by atoms with Crippen molar-refractivity contribution in [2.24, 2.45) is 5.92 Å². The Hall–Kier alpha value is -0.530. The lowest BCUT2D eigenvalue weighted by Crippen LogP contribution is -2.29. The van der Waals surface area contributed by atoms with Crippen molar-refractivity contribution in [3.63, 3.8) is 0 Å². The summed E-state index contributed by atoms with van der Waals surface area (Å²) in [5.41, 5.74) is 0. The predicted molar refractivity (Wildman–Crippen MR) is 52.4 cm³/mol. The summed E-state index contributed by atoms with van der Waals surface area (Å²) >= 11 is 0. The van der Waals surface area contributed by atoms with Gasteiger partial charge in [-0.25, -0.2) is 0 Å². The molecule has 1 aliphatic rings. The number of hydrogen-bond acceptors (Lipinski definition) is 2. The maximum absolute atomic E-state index is 10.8. The third-order valence-electron chi connectivity index (χ3n) is 2.82. The SMILES string of the molecule is CCCC1CCCCC1OC(C)=O. The van der Waals surface area contributed by atoms with Crippen LogP contribution in [0.4, 0.5) is 0 Å². The van der Waals surface area contributed by atoms with E-state index in [4.69, 9.17) is 4.74 Å². The van der Waals surface area contributed by atoms with Gasteiger partial charge in [0.1, 0.15) is 6.10 Å². The van der Waals surface area contributed by atoms with Gasteiger partial charge < -0.3 is 4.74 Å². The molecule has 0 aromatic carbocycles. The average molecular weight is 184 g/mol. The highest BCUT2D eigenvalue weighted by Crippen LogP contribution is 2.30. The molecule has 1 aliphatic carbocycles. The molecule has 13 heavy (non-hydrogen) atoms. The van der Waals surface area contributed by atoms with Gasteiger partial charge >= 0.3 is 5.97 Å². The van der Waals surface area contributed by atoms with Gasteiger partial charge in [-0.15, -0.1) is 0 Å². The number of rotatable bonds is 3. The van der Waals surface area contributed by atoms with Gasteiger partial charge in [0.05, 0.1) is 0 Å². The number of esters is 1. The van der Waals surface area contributed by atoms with E-state index in [9.17, 15) is 4.79 Å². The molecule has 0 amide bonds. The second kappa shape index (κ2) is 5.25. The second-order valence-electron chi connectivity index (χ2n) is 3.98. The van der Waals surface area contributed by atoms with E-state index in [2.05, 4.69) is 6.92 Å². The predicted octanol–water partition coefficient (Wildman–Crippen LogP) is 2.91. The van der Waals surface area contributed by atoms with E-state index in [1.807, 2.05) is 0 Å². The van der Waals surface area contributed by atoms with E-state index in [1.54, 1.807) is 0 Å². The molecule has 2 nitrogen and oxygen atoms in total. The Morgan fingerprint density at radius 3 is 2.69 bits per heavy atom. The van der Waals surface area contributed by atoms with Crippen LogP contribution >= 0.6 is 0 Å². The highest BCUT2D eigenvalue weighted by molar-refractivity contribution is 5.66. The fourth-order valence-corrected chi connectivity index (χ4v) is 2.24. The molecule has 0 aromatic heterocycles. The molecular formula is C11H20O2. The molecule has 0 bridgehead atoms. The zero-order valence-corrected chi connectivity index (χ0v) is 8.71. The Morgan fingerprint density at radius 2 is 2.08 bits per heavy atom. The highest BCUT2D eigenvalue weighted by atomic mass is 16.5. The van der Waals surface area contributed by atoms with Crippen LogP contribution in [-0.4, -0.2) is 12.1 Å². The number of ether oxygens (including phenoxy) is 1. The quantitative estimate of drug-likeness (QED) is 0.630. The zero-order chi connectivity index (χ0) is 9.68. The van der Waals surface area contributed by atoms with Gasteiger partial charge in [0.15, 0.2) is 0 Å². The molecule has 0 N–H and O–H groups in total. The minimum absolute atomic E-state index is 0.118. The molecule has 0 aromatic rings. The second-order valence-corrected chi connectivity index (χ2v) is 3.98. The maximum Gasteiger partial charge on any atom is 0.302 e. The van der Waals surface area contributed by atoms with Gasteiger partial charge in [-0.05, 0) is 31.6 Å². The highest BCUT2D eigenvalue weighted by Gasteiger charge is 2.26. The van der Waals surface area contributed by atoms with Gasteiger partial charge in [0.25, 0.3) is 0 Å². The zero-order valence-electron chi connectivity index (χ0n) is 8.71. The maximum atomic E-state index is 10.8. The van der Waals surface area contributed by atoms with Crippen molar-refractivity contribution < 1.29 is 9.53 Å². The third kappa shape index (κ3) is 3.37. The molecule has 1 fully saturated rings. The van der Waals surface area contributed by atoms with E-state index in [0.717, 1.165) is 6.42 Å². The van der Waals surface area contributed by atoms with Crippen molar-refractivity contribution in [3.05, 3.63) is 0 Å². The summed E-state index contributed by atoms with van der Waals surface area (Å²) in [6.45, 7) is 3.71. The van der Waals surface area contributed by atoms with Crippen molar-refractivity contribution in [2.75, 3.05) is 0 Å². The monoisotopic (exact) mass is 184 g/mol. The molecule has 1 saturated carbocycles. The first-order valence-electron chi connectivity index (χ1n) is 5.41. The molecule has 0 heterocycles. The third-order valence-corrected chi connectivity index (χ3v) is 2.82. The molecule has 0 saturated heterocycles. The molecule has 76 valence electrons. The molecule has 2 unspecified atom stereocenters. The van der Waals surface area contributed by atoms with Gasteiger partial charge in [0.2, 0.25) is 0 Å². The minimum Gasteiger partial charge on any atom is -0.462 e. The number of carbonyl (C=O) groups is 1. The summed E-state index contributed by atoms with van der Waals surface area (Å²) in [5.74, 6) is 0.510. The van der Waals surface area contributed by atoms with Crippen LogP contribution in [0.25, 0.3) is 0 Å². The van der Waals surface area contributed by atoms with Gasteiger partial charge in [-0.3, -0.25) is 4.79 Å². The molecule has 0 radical (unpaired) electrons. The van der Waals surface area contributed by atoms with Gasteiger partial charge in [-0.2, -0.15) is 0 Å². The number of carbonyl (C=O) groups excluding carboxylic acids is 1. The van der Waals surface area contributed by atoms with Crippen LogP contribution in [0.5, 0.6) is 0 Å². The summed E-state index contributed by atoms with van der Waals surface area (Å²) in [6.07, 6.45) is 7.46. The summed E-state index contributed by atoms with van der Waals surface area (Å²) in [7, 11) is 0. The largest absolute Gasteiger partial charge is 0.462 e. The Balaban J connectivity index is 2.41. The Morgan fingerprint density at radius 1 is 1.38 bits per heavy atom. The van der Waals surface area contributed by atoms with Crippen molar-refractivity contribution in [1.29, 1.82) is 0 Å². The summed E-state index contributed by atoms with van der Waals surface area (Å²) in [5, 5.41) is 0. The molecule has 1 rings (SSSR count). The van der Waals surface area contributed by atoms with E-state index in [1.165, 1.54) is 39.0 Å². The molecular weight excluding hydrogens is 164 g/mol. The summed E-state index contributed by atoms with van der Waals surface area (Å²) in [4.78, 5) is 10.8. The average Bonchev–Trinajstić information content (AvgIpc) is 2.08. The van der Waals surface area contributed by atoms with E-state index < -0.39 is 0 Å². The first kappa shape index (κ1) is 10.6. The molecule has 2 heteroatoms. The molecule has 2 atom stereocenters. The van der Waals surface area contributed by atoms with Crippen molar-refractivity contribution in [1.82, 2.24) is 0 Å². The van der Waals surface area contributed by atoms with Crippen LogP contribution in [0.2, 0.25) is 0 Å². The smallest absolute Gasteiger partial charge is 0.302 e. The first-order chi connectivity index (χ1) is 6.24. The lowest BCUT2D eigenvalue weighted by atomic mass is 9.83. The van der Waals surface area contributed by atoms with E-state index in [0.29, 0.717) is 5.92 Å². The van der Waals surface area contributed by atoms with E-state index in [-0.39, 0.29) is 12.1 Å². The fourth-order valence-electron chi connectivity index (χ4n) is 2.24. The fraction of sp³-hybridized carbons (Fsp3) is 0.909. The lowest BCUT2D eigenvalue weighted by molar-refractivity contribution is -0.151. The normalized spacial score (nSPS) is 28.5. The van der Waals surface area contributed by atoms with Crippen molar-refractivity contribution in [3.8, 4) is 0 Å². The van der Waals surface area contributed by atoms with E-state index >= 15 is 0 Å². The van der Waals surface area contributed by atoms with Crippen LogP contribution in [0, 0.1) is 5.92 Å². The standard InChI is InChI=1S/C11H20O2/c1-3-6-10-7-4-5-8-11(10)13-9(2)12/h10-11H,3-8H2,1-2H3. The number of hydrogen-bond donors (Lipinski definition) is 0. The topological polar surface area (TPSA) is 26.3 Å². The summed E-state index contributed by atoms with van der Waals surface area (Å²) in [6, 6.07) is 0. The van der Waals surface area contributed by atoms with Gasteiger partial charge in [-0.1, -0.05) is 19.8 Å². The van der Waals surface area contributed by atoms with Crippen molar-refractivity contribution in [2.45, 2.75) is 58.5 Å². The Kier molecular flexibility index (Phi) is 4.26. The summed E-state index contributed by atoms with van der Waals surface area (Å²) < 4.78 is 5.32. The van der Waals surface area contributed by atoms with Crippen LogP contribution in [0.15, 0.2) is 0 Å². The van der Waals surface area contributed by atoms with Crippen LogP contribution in [0.1, 0.15) is 52.4 Å². The Bertz CT molecular complexity index is 163. The Labute approximate surface area is 80.7 Å². The molecule has 0 spiro atoms. The lowest BCUT2D eigenvalue weighted by Gasteiger charge is -2.30.